The number of rotatable bonds is 2. The van der Waals surface area contributed by atoms with E-state index in [4.69, 9.17) is 4.42 Å². The number of piperidine rings is 1. The molecule has 1 saturated heterocycles. The summed E-state index contributed by atoms with van der Waals surface area (Å²) in [4.78, 5) is 2.30. The number of hydrogen-bond donors (Lipinski definition) is 1. The van der Waals surface area contributed by atoms with Crippen molar-refractivity contribution in [1.82, 2.24) is 0 Å². The Morgan fingerprint density at radius 2 is 1.79 bits per heavy atom. The molecule has 0 atom stereocenters. The van der Waals surface area contributed by atoms with Crippen molar-refractivity contribution in [2.75, 3.05) is 18.0 Å². The number of aliphatic hydroxyl groups is 1. The molecular weight excluding hydrogens is 306 g/mol. The maximum Gasteiger partial charge on any atom is 0.149 e. The van der Waals surface area contributed by atoms with Crippen LogP contribution in [0, 0.1) is 0 Å². The van der Waals surface area contributed by atoms with Crippen LogP contribution in [0.1, 0.15) is 18.6 Å². The van der Waals surface area contributed by atoms with Crippen molar-refractivity contribution in [3.8, 4) is 0 Å². The molecular formula is C15H16BrNO2. The lowest BCUT2D eigenvalue weighted by Gasteiger charge is -2.38. The first-order valence-electron chi connectivity index (χ1n) is 6.45. The van der Waals surface area contributed by atoms with Crippen molar-refractivity contribution in [3.05, 3.63) is 52.9 Å². The van der Waals surface area contributed by atoms with Crippen LogP contribution in [0.4, 0.5) is 5.69 Å². The SMILES string of the molecule is OC1(c2occc2Br)CCN(c2ccccc2)CC1. The third-order valence-electron chi connectivity index (χ3n) is 3.75. The molecule has 0 aliphatic carbocycles. The molecule has 1 N–H and O–H groups in total. The van der Waals surface area contributed by atoms with Crippen molar-refractivity contribution < 1.29 is 9.52 Å². The lowest BCUT2D eigenvalue weighted by molar-refractivity contribution is -0.00916. The van der Waals surface area contributed by atoms with Gasteiger partial charge in [-0.15, -0.1) is 0 Å². The van der Waals surface area contributed by atoms with Crippen LogP contribution in [0.25, 0.3) is 0 Å². The first-order valence-corrected chi connectivity index (χ1v) is 7.24. The Kier molecular flexibility index (Phi) is 3.37. The van der Waals surface area contributed by atoms with Crippen molar-refractivity contribution in [1.29, 1.82) is 0 Å². The Balaban J connectivity index is 1.75. The molecule has 100 valence electrons. The monoisotopic (exact) mass is 321 g/mol. The van der Waals surface area contributed by atoms with Gasteiger partial charge >= 0.3 is 0 Å². The number of halogens is 1. The van der Waals surface area contributed by atoms with Gasteiger partial charge in [0, 0.05) is 31.6 Å². The van der Waals surface area contributed by atoms with Gasteiger partial charge in [-0.1, -0.05) is 18.2 Å². The molecule has 0 radical (unpaired) electrons. The first-order chi connectivity index (χ1) is 9.19. The standard InChI is InChI=1S/C15H16BrNO2/c16-13-6-11-19-14(13)15(18)7-9-17(10-8-15)12-4-2-1-3-5-12/h1-6,11,18H,7-10H2. The van der Waals surface area contributed by atoms with Gasteiger partial charge in [0.05, 0.1) is 10.7 Å². The van der Waals surface area contributed by atoms with Gasteiger partial charge < -0.3 is 14.4 Å². The fourth-order valence-electron chi connectivity index (χ4n) is 2.63. The molecule has 2 aromatic rings. The van der Waals surface area contributed by atoms with E-state index in [1.165, 1.54) is 5.69 Å². The number of nitrogens with zero attached hydrogens (tertiary/aromatic N) is 1. The van der Waals surface area contributed by atoms with Gasteiger partial charge in [-0.2, -0.15) is 0 Å². The van der Waals surface area contributed by atoms with E-state index in [1.807, 2.05) is 24.3 Å². The number of para-hydroxylation sites is 1. The van der Waals surface area contributed by atoms with E-state index >= 15 is 0 Å². The van der Waals surface area contributed by atoms with Gasteiger partial charge in [-0.25, -0.2) is 0 Å². The van der Waals surface area contributed by atoms with Crippen LogP contribution in [-0.2, 0) is 5.60 Å². The molecule has 3 nitrogen and oxygen atoms in total. The van der Waals surface area contributed by atoms with E-state index in [9.17, 15) is 5.11 Å². The third kappa shape index (κ3) is 2.42. The highest BCUT2D eigenvalue weighted by Crippen LogP contribution is 2.38. The molecule has 19 heavy (non-hydrogen) atoms. The molecule has 1 aromatic heterocycles. The van der Waals surface area contributed by atoms with Gasteiger partial charge in [0.25, 0.3) is 0 Å². The van der Waals surface area contributed by atoms with Crippen LogP contribution in [0.3, 0.4) is 0 Å². The summed E-state index contributed by atoms with van der Waals surface area (Å²) in [5, 5.41) is 10.7. The Labute approximate surface area is 121 Å². The summed E-state index contributed by atoms with van der Waals surface area (Å²) in [7, 11) is 0. The number of furan rings is 1. The summed E-state index contributed by atoms with van der Waals surface area (Å²) in [6.07, 6.45) is 2.96. The molecule has 0 unspecified atom stereocenters. The quantitative estimate of drug-likeness (QED) is 0.919. The number of benzene rings is 1. The summed E-state index contributed by atoms with van der Waals surface area (Å²) in [6.45, 7) is 1.65. The van der Waals surface area contributed by atoms with E-state index in [0.717, 1.165) is 17.6 Å². The fourth-order valence-corrected chi connectivity index (χ4v) is 3.20. The van der Waals surface area contributed by atoms with E-state index in [1.54, 1.807) is 6.26 Å². The van der Waals surface area contributed by atoms with E-state index < -0.39 is 5.60 Å². The summed E-state index contributed by atoms with van der Waals surface area (Å²) in [6, 6.07) is 12.1. The molecule has 1 aliphatic rings. The first kappa shape index (κ1) is 12.8. The molecule has 3 rings (SSSR count). The third-order valence-corrected chi connectivity index (χ3v) is 4.38. The van der Waals surface area contributed by atoms with Crippen LogP contribution in [-0.4, -0.2) is 18.2 Å². The zero-order valence-electron chi connectivity index (χ0n) is 10.6. The van der Waals surface area contributed by atoms with Crippen LogP contribution in [0.15, 0.2) is 51.6 Å². The van der Waals surface area contributed by atoms with Gasteiger partial charge in [0.1, 0.15) is 11.4 Å². The average molecular weight is 322 g/mol. The summed E-state index contributed by atoms with van der Waals surface area (Å²) >= 11 is 3.43. The van der Waals surface area contributed by atoms with Crippen molar-refractivity contribution in [2.24, 2.45) is 0 Å². The molecule has 0 saturated carbocycles. The van der Waals surface area contributed by atoms with E-state index in [0.29, 0.717) is 18.6 Å². The van der Waals surface area contributed by atoms with Crippen LogP contribution >= 0.6 is 15.9 Å². The summed E-state index contributed by atoms with van der Waals surface area (Å²) in [5.41, 5.74) is 0.358. The van der Waals surface area contributed by atoms with Gasteiger partial charge in [-0.3, -0.25) is 0 Å². The smallest absolute Gasteiger partial charge is 0.149 e. The van der Waals surface area contributed by atoms with Crippen LogP contribution < -0.4 is 4.90 Å². The minimum atomic E-state index is -0.854. The highest BCUT2D eigenvalue weighted by Gasteiger charge is 2.38. The lowest BCUT2D eigenvalue weighted by atomic mass is 9.89. The second kappa shape index (κ2) is 5.02. The minimum absolute atomic E-state index is 0.653. The highest BCUT2D eigenvalue weighted by atomic mass is 79.9. The Morgan fingerprint density at radius 3 is 2.37 bits per heavy atom. The van der Waals surface area contributed by atoms with E-state index in [-0.39, 0.29) is 0 Å². The molecule has 2 heterocycles. The van der Waals surface area contributed by atoms with E-state index in [2.05, 4.69) is 33.0 Å². The van der Waals surface area contributed by atoms with Crippen molar-refractivity contribution in [3.63, 3.8) is 0 Å². The van der Waals surface area contributed by atoms with Gasteiger partial charge in [-0.05, 0) is 34.1 Å². The Morgan fingerprint density at radius 1 is 1.11 bits per heavy atom. The largest absolute Gasteiger partial charge is 0.465 e. The lowest BCUT2D eigenvalue weighted by Crippen LogP contribution is -2.42. The molecule has 1 fully saturated rings. The Hall–Kier alpha value is -1.26. The zero-order valence-corrected chi connectivity index (χ0v) is 12.1. The zero-order chi connectivity index (χ0) is 13.3. The highest BCUT2D eigenvalue weighted by molar-refractivity contribution is 9.10. The molecule has 0 amide bonds. The number of hydrogen-bond acceptors (Lipinski definition) is 3. The van der Waals surface area contributed by atoms with Gasteiger partial charge in [0.15, 0.2) is 0 Å². The molecule has 0 spiro atoms. The second-order valence-corrected chi connectivity index (χ2v) is 5.81. The second-order valence-electron chi connectivity index (χ2n) is 4.95. The van der Waals surface area contributed by atoms with Crippen molar-refractivity contribution in [2.45, 2.75) is 18.4 Å². The summed E-state index contributed by atoms with van der Waals surface area (Å²) < 4.78 is 6.28. The molecule has 1 aromatic carbocycles. The predicted octanol–water partition coefficient (Wildman–Crippen LogP) is 3.53. The maximum absolute atomic E-state index is 10.7. The Bertz CT molecular complexity index is 544. The normalized spacial score (nSPS) is 18.5. The molecule has 4 heteroatoms. The summed E-state index contributed by atoms with van der Waals surface area (Å²) in [5.74, 6) is 0.653. The fraction of sp³-hybridized carbons (Fsp3) is 0.333. The molecule has 0 bridgehead atoms. The van der Waals surface area contributed by atoms with Gasteiger partial charge in [0.2, 0.25) is 0 Å². The topological polar surface area (TPSA) is 36.6 Å². The maximum atomic E-state index is 10.7. The average Bonchev–Trinajstić information content (AvgIpc) is 2.88. The molecule has 1 aliphatic heterocycles. The van der Waals surface area contributed by atoms with Crippen LogP contribution in [0.2, 0.25) is 0 Å². The number of anilines is 1. The van der Waals surface area contributed by atoms with Crippen LogP contribution in [0.5, 0.6) is 0 Å². The predicted molar refractivity (Wildman–Crippen MR) is 78.2 cm³/mol. The minimum Gasteiger partial charge on any atom is -0.465 e. The van der Waals surface area contributed by atoms with Crippen molar-refractivity contribution >= 4 is 21.6 Å².